The van der Waals surface area contributed by atoms with Crippen LogP contribution in [0.2, 0.25) is 0 Å². The summed E-state index contributed by atoms with van der Waals surface area (Å²) >= 11 is 0. The first kappa shape index (κ1) is 94.1. The lowest BCUT2D eigenvalue weighted by molar-refractivity contribution is -0.161. The van der Waals surface area contributed by atoms with Crippen LogP contribution in [0.15, 0.2) is 0 Å². The molecule has 570 valence electrons. The van der Waals surface area contributed by atoms with Crippen molar-refractivity contribution in [3.63, 3.8) is 0 Å². The standard InChI is InChI=1S/C77H150O17P2/c1-9-70(8)56-48-40-32-23-18-16-14-12-10-11-13-15-17-19-24-34-43-51-59-76(81)93-72(63-87-74(79)57-49-41-33-27-26-30-38-46-54-68(4)5)65-91-95(83,84)89-61-71(78)62-90-96(85,86)92-66-73(64-88-75(80)58-50-42-36-28-31-39-47-55-69(6)7)94-77(82)60-52-44-35-25-21-20-22-29-37-45-53-67(2)3/h67-73,78H,9-66H2,1-8H3,(H,83,84)(H,85,86)/t70?,71?,72-,73-/m1/s1. The van der Waals surface area contributed by atoms with Gasteiger partial charge in [-0.1, -0.05) is 338 Å². The average Bonchev–Trinajstić information content (AvgIpc) is 1.24. The van der Waals surface area contributed by atoms with Crippen LogP contribution >= 0.6 is 15.6 Å². The zero-order valence-electron chi connectivity index (χ0n) is 63.0. The first-order valence-corrected chi connectivity index (χ1v) is 42.7. The summed E-state index contributed by atoms with van der Waals surface area (Å²) in [5, 5.41) is 10.6. The van der Waals surface area contributed by atoms with Gasteiger partial charge in [-0.2, -0.15) is 0 Å². The third-order valence-electron chi connectivity index (χ3n) is 18.2. The maximum Gasteiger partial charge on any atom is 0.472 e. The highest BCUT2D eigenvalue weighted by molar-refractivity contribution is 7.47. The minimum Gasteiger partial charge on any atom is -0.462 e. The van der Waals surface area contributed by atoms with Gasteiger partial charge in [-0.25, -0.2) is 9.13 Å². The van der Waals surface area contributed by atoms with Gasteiger partial charge in [0.25, 0.3) is 0 Å². The summed E-state index contributed by atoms with van der Waals surface area (Å²) in [6.45, 7) is 14.2. The van der Waals surface area contributed by atoms with Crippen molar-refractivity contribution in [2.75, 3.05) is 39.6 Å². The van der Waals surface area contributed by atoms with E-state index in [0.717, 1.165) is 114 Å². The van der Waals surface area contributed by atoms with Crippen molar-refractivity contribution in [2.24, 2.45) is 23.7 Å². The average molecular weight is 1410 g/mol. The molecule has 96 heavy (non-hydrogen) atoms. The Balaban J connectivity index is 5.18. The number of hydrogen-bond donors (Lipinski definition) is 3. The molecule has 0 saturated heterocycles. The highest BCUT2D eigenvalue weighted by atomic mass is 31.2. The number of carbonyl (C=O) groups excluding carboxylic acids is 4. The van der Waals surface area contributed by atoms with Gasteiger partial charge >= 0.3 is 39.5 Å². The fraction of sp³-hybridized carbons (Fsp3) is 0.948. The molecule has 0 aromatic carbocycles. The number of hydrogen-bond acceptors (Lipinski definition) is 15. The summed E-state index contributed by atoms with van der Waals surface area (Å²) in [6, 6.07) is 0. The van der Waals surface area contributed by atoms with E-state index in [1.165, 1.54) is 186 Å². The van der Waals surface area contributed by atoms with Gasteiger partial charge in [-0.05, 0) is 49.4 Å². The third-order valence-corrected chi connectivity index (χ3v) is 20.1. The van der Waals surface area contributed by atoms with E-state index in [2.05, 4.69) is 55.4 Å². The van der Waals surface area contributed by atoms with Crippen molar-refractivity contribution >= 4 is 39.5 Å². The summed E-state index contributed by atoms with van der Waals surface area (Å²) in [5.74, 6) is 0.932. The van der Waals surface area contributed by atoms with Gasteiger partial charge in [-0.3, -0.25) is 37.3 Å². The topological polar surface area (TPSA) is 237 Å². The summed E-state index contributed by atoms with van der Waals surface area (Å²) in [7, 11) is -9.91. The molecule has 0 fully saturated rings. The van der Waals surface area contributed by atoms with E-state index >= 15 is 0 Å². The molecule has 0 bridgehead atoms. The van der Waals surface area contributed by atoms with Crippen molar-refractivity contribution in [1.29, 1.82) is 0 Å². The molecule has 6 atom stereocenters. The Bertz CT molecular complexity index is 1890. The predicted molar refractivity (Wildman–Crippen MR) is 391 cm³/mol. The quantitative estimate of drug-likeness (QED) is 0.0222. The van der Waals surface area contributed by atoms with E-state index in [1.807, 2.05) is 0 Å². The van der Waals surface area contributed by atoms with E-state index in [-0.39, 0.29) is 25.7 Å². The Kier molecular flexibility index (Phi) is 65.0. The second-order valence-corrected chi connectivity index (χ2v) is 32.3. The summed E-state index contributed by atoms with van der Waals surface area (Å²) in [5.41, 5.74) is 0. The number of aliphatic hydroxyl groups excluding tert-OH is 1. The van der Waals surface area contributed by atoms with Crippen molar-refractivity contribution in [3.05, 3.63) is 0 Å². The normalized spacial score (nSPS) is 14.4. The smallest absolute Gasteiger partial charge is 0.462 e. The summed E-state index contributed by atoms with van der Waals surface area (Å²) in [4.78, 5) is 72.8. The second kappa shape index (κ2) is 66.3. The maximum absolute atomic E-state index is 13.1. The van der Waals surface area contributed by atoms with Crippen molar-refractivity contribution in [3.8, 4) is 0 Å². The van der Waals surface area contributed by atoms with Gasteiger partial charge in [-0.15, -0.1) is 0 Å². The largest absolute Gasteiger partial charge is 0.472 e. The Morgan fingerprint density at radius 3 is 0.740 bits per heavy atom. The second-order valence-electron chi connectivity index (χ2n) is 29.4. The lowest BCUT2D eigenvalue weighted by Gasteiger charge is -2.21. The first-order chi connectivity index (χ1) is 46.1. The van der Waals surface area contributed by atoms with Gasteiger partial charge in [0.05, 0.1) is 26.4 Å². The lowest BCUT2D eigenvalue weighted by Crippen LogP contribution is -2.30. The van der Waals surface area contributed by atoms with Crippen molar-refractivity contribution in [2.45, 2.75) is 408 Å². The SMILES string of the molecule is CCC(C)CCCCCCCCCCCCCCCCCCCCC(=O)O[C@H](COC(=O)CCCCCCCCCCC(C)C)COP(=O)(O)OCC(O)COP(=O)(O)OC[C@@H](COC(=O)CCCCCCCCCC(C)C)OC(=O)CCCCCCCCCCCCC(C)C. The van der Waals surface area contributed by atoms with Crippen LogP contribution in [0.4, 0.5) is 0 Å². The fourth-order valence-corrected chi connectivity index (χ4v) is 13.3. The van der Waals surface area contributed by atoms with Crippen molar-refractivity contribution in [1.82, 2.24) is 0 Å². The van der Waals surface area contributed by atoms with Crippen molar-refractivity contribution < 1.29 is 80.2 Å². The molecule has 4 unspecified atom stereocenters. The van der Waals surface area contributed by atoms with E-state index in [9.17, 15) is 43.2 Å². The number of phosphoric acid groups is 2. The highest BCUT2D eigenvalue weighted by Gasteiger charge is 2.30. The molecule has 0 aliphatic carbocycles. The Morgan fingerprint density at radius 1 is 0.292 bits per heavy atom. The molecular formula is C77H150O17P2. The molecule has 0 amide bonds. The van der Waals surface area contributed by atoms with Gasteiger partial charge in [0, 0.05) is 25.7 Å². The van der Waals surface area contributed by atoms with Crippen LogP contribution in [0.3, 0.4) is 0 Å². The predicted octanol–water partition coefficient (Wildman–Crippen LogP) is 22.4. The highest BCUT2D eigenvalue weighted by Crippen LogP contribution is 2.45. The molecule has 0 saturated carbocycles. The van der Waals surface area contributed by atoms with Crippen LogP contribution in [0.1, 0.15) is 389 Å². The van der Waals surface area contributed by atoms with E-state index in [1.54, 1.807) is 0 Å². The number of carbonyl (C=O) groups is 4. The molecule has 0 aliphatic heterocycles. The van der Waals surface area contributed by atoms with E-state index in [0.29, 0.717) is 31.6 Å². The van der Waals surface area contributed by atoms with E-state index < -0.39 is 97.5 Å². The van der Waals surface area contributed by atoms with Gasteiger partial charge in [0.15, 0.2) is 12.2 Å². The molecule has 0 aromatic rings. The molecule has 0 heterocycles. The molecular weight excluding hydrogens is 1260 g/mol. The number of phosphoric ester groups is 2. The monoisotopic (exact) mass is 1410 g/mol. The molecule has 19 heteroatoms. The third kappa shape index (κ3) is 69.2. The van der Waals surface area contributed by atoms with Gasteiger partial charge in [0.1, 0.15) is 19.3 Å². The summed E-state index contributed by atoms with van der Waals surface area (Å²) < 4.78 is 68.5. The number of rotatable bonds is 74. The van der Waals surface area contributed by atoms with Gasteiger partial charge < -0.3 is 33.8 Å². The minimum absolute atomic E-state index is 0.105. The molecule has 0 radical (unpaired) electrons. The Hall–Kier alpha value is -1.94. The molecule has 0 rings (SSSR count). The Labute approximate surface area is 588 Å². The molecule has 0 spiro atoms. The van der Waals surface area contributed by atoms with E-state index in [4.69, 9.17) is 37.0 Å². The number of unbranched alkanes of at least 4 members (excludes halogenated alkanes) is 39. The molecule has 0 aromatic heterocycles. The van der Waals surface area contributed by atoms with Crippen LogP contribution in [0.25, 0.3) is 0 Å². The van der Waals surface area contributed by atoms with Crippen LogP contribution in [-0.2, 0) is 65.4 Å². The molecule has 0 aliphatic rings. The van der Waals surface area contributed by atoms with Crippen LogP contribution < -0.4 is 0 Å². The van der Waals surface area contributed by atoms with Crippen LogP contribution in [0, 0.1) is 23.7 Å². The van der Waals surface area contributed by atoms with Crippen LogP contribution in [0.5, 0.6) is 0 Å². The van der Waals surface area contributed by atoms with Crippen LogP contribution in [-0.4, -0.2) is 96.7 Å². The number of aliphatic hydroxyl groups is 1. The zero-order valence-corrected chi connectivity index (χ0v) is 64.8. The fourth-order valence-electron chi connectivity index (χ4n) is 11.7. The lowest BCUT2D eigenvalue weighted by atomic mass is 9.99. The number of ether oxygens (including phenoxy) is 4. The Morgan fingerprint density at radius 2 is 0.500 bits per heavy atom. The maximum atomic E-state index is 13.1. The minimum atomic E-state index is -4.96. The summed E-state index contributed by atoms with van der Waals surface area (Å²) in [6.07, 6.45) is 51.6. The molecule has 3 N–H and O–H groups in total. The van der Waals surface area contributed by atoms with Gasteiger partial charge in [0.2, 0.25) is 0 Å². The zero-order chi connectivity index (χ0) is 71.0. The number of esters is 4. The first-order valence-electron chi connectivity index (χ1n) is 39.7. The molecule has 17 nitrogen and oxygen atoms in total.